The number of hydrogen-bond acceptors (Lipinski definition) is 2. The first-order valence-electron chi connectivity index (χ1n) is 5.02. The Balaban J connectivity index is 2.31. The van der Waals surface area contributed by atoms with E-state index in [4.69, 9.17) is 17.3 Å². The van der Waals surface area contributed by atoms with Gasteiger partial charge in [-0.25, -0.2) is 4.98 Å². The van der Waals surface area contributed by atoms with Gasteiger partial charge in [0.05, 0.1) is 5.52 Å². The molecule has 0 saturated heterocycles. The first-order valence-corrected chi connectivity index (χ1v) is 5.39. The molecule has 0 bridgehead atoms. The molecule has 2 rings (SSSR count). The number of imidazole rings is 1. The van der Waals surface area contributed by atoms with E-state index < -0.39 is 0 Å². The number of halogens is 1. The smallest absolute Gasteiger partial charge is 0.154 e. The fourth-order valence-corrected chi connectivity index (χ4v) is 1.82. The lowest BCUT2D eigenvalue weighted by Crippen LogP contribution is -2.13. The predicted octanol–water partition coefficient (Wildman–Crippen LogP) is 2.12. The highest BCUT2D eigenvalue weighted by Crippen LogP contribution is 2.17. The molecular weight excluding hydrogens is 210 g/mol. The van der Waals surface area contributed by atoms with E-state index >= 15 is 0 Å². The van der Waals surface area contributed by atoms with Gasteiger partial charge in [-0.15, -0.1) is 0 Å². The number of nitrogens with two attached hydrogens (primary N) is 1. The van der Waals surface area contributed by atoms with Crippen LogP contribution in [-0.2, 0) is 6.42 Å². The van der Waals surface area contributed by atoms with Crippen LogP contribution in [0.2, 0.25) is 5.15 Å². The van der Waals surface area contributed by atoms with E-state index in [1.807, 2.05) is 10.5 Å². The number of pyridine rings is 1. The van der Waals surface area contributed by atoms with Gasteiger partial charge in [-0.05, 0) is 30.5 Å². The highest BCUT2D eigenvalue weighted by Gasteiger charge is 2.04. The minimum Gasteiger partial charge on any atom is -0.330 e. The molecule has 0 aromatic carbocycles. The quantitative estimate of drug-likeness (QED) is 0.866. The van der Waals surface area contributed by atoms with Crippen LogP contribution in [0, 0.1) is 5.92 Å². The van der Waals surface area contributed by atoms with Crippen molar-refractivity contribution in [3.05, 3.63) is 35.4 Å². The molecule has 0 amide bonds. The average molecular weight is 224 g/mol. The van der Waals surface area contributed by atoms with Crippen molar-refractivity contribution in [3.63, 3.8) is 0 Å². The van der Waals surface area contributed by atoms with Gasteiger partial charge in [-0.2, -0.15) is 0 Å². The van der Waals surface area contributed by atoms with Crippen molar-refractivity contribution in [1.29, 1.82) is 0 Å². The Bertz CT molecular complexity index is 464. The Morgan fingerprint density at radius 3 is 3.07 bits per heavy atom. The maximum atomic E-state index is 5.91. The van der Waals surface area contributed by atoms with Gasteiger partial charge in [0.25, 0.3) is 0 Å². The summed E-state index contributed by atoms with van der Waals surface area (Å²) in [6.07, 6.45) is 4.77. The minimum absolute atomic E-state index is 0.501. The molecule has 2 heterocycles. The number of fused-ring (bicyclic) bond motifs is 1. The molecule has 3 nitrogen and oxygen atoms in total. The summed E-state index contributed by atoms with van der Waals surface area (Å²) in [4.78, 5) is 4.04. The molecular formula is C11H14ClN3. The Morgan fingerprint density at radius 1 is 1.53 bits per heavy atom. The molecule has 80 valence electrons. The lowest BCUT2D eigenvalue weighted by molar-refractivity contribution is 0.591. The first kappa shape index (κ1) is 10.5. The maximum absolute atomic E-state index is 5.91. The first-order chi connectivity index (χ1) is 7.20. The molecule has 0 saturated carbocycles. The van der Waals surface area contributed by atoms with Crippen LogP contribution in [0.3, 0.4) is 0 Å². The van der Waals surface area contributed by atoms with E-state index in [1.54, 1.807) is 6.33 Å². The zero-order valence-electron chi connectivity index (χ0n) is 8.65. The van der Waals surface area contributed by atoms with Crippen molar-refractivity contribution in [2.45, 2.75) is 13.3 Å². The molecule has 2 N–H and O–H groups in total. The summed E-state index contributed by atoms with van der Waals surface area (Å²) in [5.74, 6) is 0.501. The third-order valence-corrected chi connectivity index (χ3v) is 2.82. The highest BCUT2D eigenvalue weighted by molar-refractivity contribution is 6.32. The topological polar surface area (TPSA) is 43.3 Å². The molecule has 0 aliphatic heterocycles. The Kier molecular flexibility index (Phi) is 2.93. The van der Waals surface area contributed by atoms with E-state index in [-0.39, 0.29) is 0 Å². The number of aromatic nitrogens is 2. The summed E-state index contributed by atoms with van der Waals surface area (Å²) in [5, 5.41) is 0.549. The summed E-state index contributed by atoms with van der Waals surface area (Å²) >= 11 is 5.91. The minimum atomic E-state index is 0.501. The molecule has 4 heteroatoms. The van der Waals surface area contributed by atoms with Gasteiger partial charge < -0.3 is 10.1 Å². The predicted molar refractivity (Wildman–Crippen MR) is 62.1 cm³/mol. The van der Waals surface area contributed by atoms with E-state index in [2.05, 4.69) is 24.2 Å². The maximum Gasteiger partial charge on any atom is 0.154 e. The molecule has 1 atom stereocenters. The molecule has 2 aromatic heterocycles. The van der Waals surface area contributed by atoms with Crippen LogP contribution in [0.25, 0.3) is 5.52 Å². The van der Waals surface area contributed by atoms with Gasteiger partial charge in [0.2, 0.25) is 0 Å². The second-order valence-corrected chi connectivity index (χ2v) is 4.27. The summed E-state index contributed by atoms with van der Waals surface area (Å²) in [6.45, 7) is 2.85. The van der Waals surface area contributed by atoms with Crippen molar-refractivity contribution in [3.8, 4) is 0 Å². The standard InChI is InChI=1S/C11H14ClN3/c1-8(5-13)4-9-2-3-10-11(12)14-7-15(10)6-9/h2-3,6-8H,4-5,13H2,1H3. The number of rotatable bonds is 3. The fraction of sp³-hybridized carbons (Fsp3) is 0.364. The SMILES string of the molecule is CC(CN)Cc1ccc2c(Cl)ncn2c1. The third-order valence-electron chi connectivity index (χ3n) is 2.53. The van der Waals surface area contributed by atoms with Crippen molar-refractivity contribution >= 4 is 17.1 Å². The normalized spacial score (nSPS) is 13.3. The van der Waals surface area contributed by atoms with E-state index in [9.17, 15) is 0 Å². The summed E-state index contributed by atoms with van der Waals surface area (Å²) in [7, 11) is 0. The molecule has 1 unspecified atom stereocenters. The van der Waals surface area contributed by atoms with Gasteiger partial charge >= 0.3 is 0 Å². The van der Waals surface area contributed by atoms with Crippen LogP contribution in [0.5, 0.6) is 0 Å². The Morgan fingerprint density at radius 2 is 2.33 bits per heavy atom. The van der Waals surface area contributed by atoms with Crippen LogP contribution in [0.4, 0.5) is 0 Å². The van der Waals surface area contributed by atoms with Gasteiger partial charge in [0.15, 0.2) is 5.15 Å². The molecule has 0 fully saturated rings. The Hall–Kier alpha value is -1.06. The zero-order valence-corrected chi connectivity index (χ0v) is 9.41. The van der Waals surface area contributed by atoms with E-state index in [1.165, 1.54) is 5.56 Å². The molecule has 0 spiro atoms. The van der Waals surface area contributed by atoms with E-state index in [0.29, 0.717) is 17.6 Å². The second kappa shape index (κ2) is 4.21. The largest absolute Gasteiger partial charge is 0.330 e. The monoisotopic (exact) mass is 223 g/mol. The lowest BCUT2D eigenvalue weighted by Gasteiger charge is -2.08. The van der Waals surface area contributed by atoms with Crippen LogP contribution in [0.1, 0.15) is 12.5 Å². The van der Waals surface area contributed by atoms with Gasteiger partial charge in [0, 0.05) is 6.20 Å². The second-order valence-electron chi connectivity index (χ2n) is 3.91. The molecule has 15 heavy (non-hydrogen) atoms. The fourth-order valence-electron chi connectivity index (χ4n) is 1.62. The van der Waals surface area contributed by atoms with Crippen molar-refractivity contribution in [1.82, 2.24) is 9.38 Å². The van der Waals surface area contributed by atoms with Gasteiger partial charge in [-0.3, -0.25) is 0 Å². The molecule has 2 aromatic rings. The van der Waals surface area contributed by atoms with Crippen LogP contribution >= 0.6 is 11.6 Å². The summed E-state index contributed by atoms with van der Waals surface area (Å²) < 4.78 is 1.95. The number of nitrogens with zero attached hydrogens (tertiary/aromatic N) is 2. The molecule has 0 aliphatic rings. The van der Waals surface area contributed by atoms with Gasteiger partial charge in [0.1, 0.15) is 6.33 Å². The van der Waals surface area contributed by atoms with Gasteiger partial charge in [-0.1, -0.05) is 24.6 Å². The zero-order chi connectivity index (χ0) is 10.8. The third kappa shape index (κ3) is 2.13. The molecule has 0 aliphatic carbocycles. The van der Waals surface area contributed by atoms with Crippen LogP contribution in [0.15, 0.2) is 24.7 Å². The highest BCUT2D eigenvalue weighted by atomic mass is 35.5. The molecule has 0 radical (unpaired) electrons. The van der Waals surface area contributed by atoms with Crippen LogP contribution in [-0.4, -0.2) is 15.9 Å². The van der Waals surface area contributed by atoms with Crippen molar-refractivity contribution < 1.29 is 0 Å². The number of hydrogen-bond donors (Lipinski definition) is 1. The summed E-state index contributed by atoms with van der Waals surface area (Å²) in [5.41, 5.74) is 7.80. The van der Waals surface area contributed by atoms with Crippen LogP contribution < -0.4 is 5.73 Å². The average Bonchev–Trinajstić information content (AvgIpc) is 2.60. The summed E-state index contributed by atoms with van der Waals surface area (Å²) in [6, 6.07) is 4.07. The van der Waals surface area contributed by atoms with E-state index in [0.717, 1.165) is 11.9 Å². The Labute approximate surface area is 93.9 Å². The van der Waals surface area contributed by atoms with Crippen molar-refractivity contribution in [2.75, 3.05) is 6.54 Å². The lowest BCUT2D eigenvalue weighted by atomic mass is 10.0. The van der Waals surface area contributed by atoms with Crippen molar-refractivity contribution in [2.24, 2.45) is 11.7 Å².